The molecule has 2 aliphatic heterocycles. The lowest BCUT2D eigenvalue weighted by Crippen LogP contribution is -2.54. The van der Waals surface area contributed by atoms with Crippen molar-refractivity contribution in [1.82, 2.24) is 0 Å². The highest BCUT2D eigenvalue weighted by atomic mass is 16.3. The van der Waals surface area contributed by atoms with Crippen LogP contribution in [0.5, 0.6) is 0 Å². The van der Waals surface area contributed by atoms with E-state index in [1.165, 1.54) is 50.0 Å². The van der Waals surface area contributed by atoms with Crippen LogP contribution in [0, 0.1) is 0 Å². The number of para-hydroxylation sites is 2. The molecule has 7 aromatic carbocycles. The fraction of sp³-hybridized carbons (Fsp3) is 0. The Hall–Kier alpha value is -6.00. The maximum absolute atomic E-state index is 6.53. The molecular weight excluding hydrogens is 561 g/mol. The van der Waals surface area contributed by atoms with Crippen molar-refractivity contribution >= 4 is 84.0 Å². The number of hydrogen-bond donors (Lipinski definition) is 0. The van der Waals surface area contributed by atoms with Gasteiger partial charge in [0, 0.05) is 16.5 Å². The smallest absolute Gasteiger partial charge is 0.248 e. The highest BCUT2D eigenvalue weighted by molar-refractivity contribution is 7.01. The number of benzene rings is 7. The Labute approximate surface area is 265 Å². The molecule has 4 heteroatoms. The summed E-state index contributed by atoms with van der Waals surface area (Å²) in [6, 6.07) is 52.2. The van der Waals surface area contributed by atoms with E-state index in [4.69, 9.17) is 8.83 Å². The number of anilines is 3. The Morgan fingerprint density at radius 2 is 1.11 bits per heavy atom. The Kier molecular flexibility index (Phi) is 4.66. The third-order valence-electron chi connectivity index (χ3n) is 10.1. The number of hydrogen-bond acceptors (Lipinski definition) is 3. The normalized spacial score (nSPS) is 13.1. The summed E-state index contributed by atoms with van der Waals surface area (Å²) in [6.07, 6.45) is 0. The van der Waals surface area contributed by atoms with Crippen LogP contribution in [-0.4, -0.2) is 6.71 Å². The number of fused-ring (bicyclic) bond motifs is 12. The van der Waals surface area contributed by atoms with E-state index in [0.29, 0.717) is 0 Å². The molecule has 2 aromatic heterocycles. The predicted molar refractivity (Wildman–Crippen MR) is 191 cm³/mol. The van der Waals surface area contributed by atoms with Gasteiger partial charge in [-0.05, 0) is 75.6 Å². The average Bonchev–Trinajstić information content (AvgIpc) is 3.79. The highest BCUT2D eigenvalue weighted by Crippen LogP contribution is 2.49. The maximum atomic E-state index is 6.53. The quantitative estimate of drug-likeness (QED) is 0.189. The Balaban J connectivity index is 1.35. The summed E-state index contributed by atoms with van der Waals surface area (Å²) in [5.74, 6) is 0. The lowest BCUT2D eigenvalue weighted by molar-refractivity contribution is 0.669. The van der Waals surface area contributed by atoms with E-state index in [-0.39, 0.29) is 6.71 Å². The molecule has 0 N–H and O–H groups in total. The van der Waals surface area contributed by atoms with Crippen molar-refractivity contribution in [3.8, 4) is 22.3 Å². The van der Waals surface area contributed by atoms with Crippen molar-refractivity contribution in [2.75, 3.05) is 4.90 Å². The third kappa shape index (κ3) is 3.08. The van der Waals surface area contributed by atoms with Gasteiger partial charge in [0.05, 0.1) is 22.1 Å². The van der Waals surface area contributed by atoms with Gasteiger partial charge in [-0.25, -0.2) is 0 Å². The molecule has 0 amide bonds. The lowest BCUT2D eigenvalue weighted by Gasteiger charge is -2.37. The minimum atomic E-state index is 0.107. The molecule has 212 valence electrons. The van der Waals surface area contributed by atoms with Gasteiger partial charge < -0.3 is 13.7 Å². The second kappa shape index (κ2) is 8.80. The van der Waals surface area contributed by atoms with Crippen LogP contribution in [-0.2, 0) is 0 Å². The van der Waals surface area contributed by atoms with E-state index in [2.05, 4.69) is 138 Å². The number of rotatable bonds is 2. The summed E-state index contributed by atoms with van der Waals surface area (Å²) in [5.41, 5.74) is 16.0. The van der Waals surface area contributed by atoms with E-state index in [9.17, 15) is 0 Å². The summed E-state index contributed by atoms with van der Waals surface area (Å²) in [5, 5.41) is 4.49. The first-order valence-electron chi connectivity index (χ1n) is 15.8. The van der Waals surface area contributed by atoms with Gasteiger partial charge in [-0.1, -0.05) is 109 Å². The number of nitrogens with zero attached hydrogens (tertiary/aromatic N) is 1. The molecule has 0 atom stereocenters. The SMILES string of the molecule is c1ccc(-c2cc3c4c(c2)N(c2cccc5oc6ccccc6c25)c2c(ccc5oc6ccccc6c25)B4c2ccccc2-3)cc1. The summed E-state index contributed by atoms with van der Waals surface area (Å²) < 4.78 is 13.0. The second-order valence-corrected chi connectivity index (χ2v) is 12.4. The molecule has 9 aromatic rings. The maximum Gasteiger partial charge on any atom is 0.248 e. The van der Waals surface area contributed by atoms with E-state index < -0.39 is 0 Å². The lowest BCUT2D eigenvalue weighted by atomic mass is 9.37. The third-order valence-corrected chi connectivity index (χ3v) is 10.1. The van der Waals surface area contributed by atoms with Crippen molar-refractivity contribution in [2.45, 2.75) is 0 Å². The number of furan rings is 2. The first kappa shape index (κ1) is 24.3. The van der Waals surface area contributed by atoms with Gasteiger partial charge in [0.15, 0.2) is 0 Å². The molecule has 3 nitrogen and oxygen atoms in total. The zero-order valence-corrected chi connectivity index (χ0v) is 24.7. The van der Waals surface area contributed by atoms with Crippen LogP contribution in [0.2, 0.25) is 0 Å². The topological polar surface area (TPSA) is 29.5 Å². The molecule has 11 rings (SSSR count). The molecule has 46 heavy (non-hydrogen) atoms. The Bertz CT molecular complexity index is 2720. The Morgan fingerprint density at radius 3 is 1.93 bits per heavy atom. The molecule has 0 bridgehead atoms. The molecule has 0 saturated heterocycles. The summed E-state index contributed by atoms with van der Waals surface area (Å²) in [4.78, 5) is 2.51. The minimum absolute atomic E-state index is 0.107. The molecule has 2 aliphatic rings. The van der Waals surface area contributed by atoms with Crippen molar-refractivity contribution in [2.24, 2.45) is 0 Å². The molecule has 0 fully saturated rings. The molecule has 4 heterocycles. The van der Waals surface area contributed by atoms with Crippen LogP contribution in [0.15, 0.2) is 154 Å². The van der Waals surface area contributed by atoms with Crippen molar-refractivity contribution < 1.29 is 8.83 Å². The zero-order chi connectivity index (χ0) is 29.9. The van der Waals surface area contributed by atoms with Gasteiger partial charge in [-0.3, -0.25) is 0 Å². The van der Waals surface area contributed by atoms with Crippen LogP contribution in [0.25, 0.3) is 66.1 Å². The van der Waals surface area contributed by atoms with Crippen LogP contribution < -0.4 is 21.3 Å². The van der Waals surface area contributed by atoms with Crippen LogP contribution in [0.1, 0.15) is 0 Å². The monoisotopic (exact) mass is 585 g/mol. The molecule has 0 radical (unpaired) electrons. The fourth-order valence-electron chi connectivity index (χ4n) is 8.22. The van der Waals surface area contributed by atoms with E-state index in [1.54, 1.807) is 0 Å². The standard InChI is InChI=1S/C42H24BNO2/c1-2-11-25(12-3-1)26-23-30-27-13-4-7-16-31(27)43-32-21-22-38-40(29-15-6-9-19-36(29)46-38)42(32)44(34(24-26)41(30)43)33-17-10-20-37-39(33)28-14-5-8-18-35(28)45-37/h1-24H. The molecule has 0 unspecified atom stereocenters. The van der Waals surface area contributed by atoms with Gasteiger partial charge in [0.2, 0.25) is 6.71 Å². The van der Waals surface area contributed by atoms with E-state index in [0.717, 1.165) is 49.6 Å². The first-order valence-corrected chi connectivity index (χ1v) is 15.8. The van der Waals surface area contributed by atoms with Gasteiger partial charge in [-0.2, -0.15) is 0 Å². The van der Waals surface area contributed by atoms with Crippen LogP contribution >= 0.6 is 0 Å². The van der Waals surface area contributed by atoms with Crippen LogP contribution in [0.3, 0.4) is 0 Å². The second-order valence-electron chi connectivity index (χ2n) is 12.4. The summed E-state index contributed by atoms with van der Waals surface area (Å²) in [6.45, 7) is 0.107. The molecule has 0 saturated carbocycles. The molecule has 0 spiro atoms. The van der Waals surface area contributed by atoms with E-state index >= 15 is 0 Å². The average molecular weight is 585 g/mol. The molecular formula is C42H24BNO2. The Morgan fingerprint density at radius 1 is 0.435 bits per heavy atom. The van der Waals surface area contributed by atoms with Gasteiger partial charge in [0.1, 0.15) is 22.3 Å². The largest absolute Gasteiger partial charge is 0.456 e. The minimum Gasteiger partial charge on any atom is -0.456 e. The van der Waals surface area contributed by atoms with Gasteiger partial charge in [-0.15, -0.1) is 0 Å². The van der Waals surface area contributed by atoms with Gasteiger partial charge in [0.25, 0.3) is 0 Å². The van der Waals surface area contributed by atoms with Gasteiger partial charge >= 0.3 is 0 Å². The van der Waals surface area contributed by atoms with Crippen molar-refractivity contribution in [3.63, 3.8) is 0 Å². The molecule has 0 aliphatic carbocycles. The van der Waals surface area contributed by atoms with Crippen LogP contribution in [0.4, 0.5) is 17.1 Å². The van der Waals surface area contributed by atoms with E-state index in [1.807, 2.05) is 12.1 Å². The highest BCUT2D eigenvalue weighted by Gasteiger charge is 2.44. The first-order chi connectivity index (χ1) is 22.8. The predicted octanol–water partition coefficient (Wildman–Crippen LogP) is 9.43. The fourth-order valence-corrected chi connectivity index (χ4v) is 8.22. The summed E-state index contributed by atoms with van der Waals surface area (Å²) >= 11 is 0. The van der Waals surface area contributed by atoms with Crippen molar-refractivity contribution in [1.29, 1.82) is 0 Å². The summed E-state index contributed by atoms with van der Waals surface area (Å²) in [7, 11) is 0. The zero-order valence-electron chi connectivity index (χ0n) is 24.7. The van der Waals surface area contributed by atoms with Crippen molar-refractivity contribution in [3.05, 3.63) is 146 Å².